The summed E-state index contributed by atoms with van der Waals surface area (Å²) in [7, 11) is 0. The number of rotatable bonds is 4. The molecule has 1 heterocycles. The number of aromatic nitrogens is 1. The molecule has 2 atom stereocenters. The van der Waals surface area contributed by atoms with Crippen LogP contribution in [0.1, 0.15) is 35.6 Å². The minimum absolute atomic E-state index is 0.0524. The van der Waals surface area contributed by atoms with Gasteiger partial charge in [0.25, 0.3) is 0 Å². The maximum Gasteiger partial charge on any atom is 0.124 e. The highest BCUT2D eigenvalue weighted by molar-refractivity contribution is 6.31. The Labute approximate surface area is 139 Å². The van der Waals surface area contributed by atoms with Crippen LogP contribution in [0.5, 0.6) is 0 Å². The molecule has 1 aromatic carbocycles. The normalized spacial score (nSPS) is 18.6. The number of aliphatic hydroxyl groups is 1. The van der Waals surface area contributed by atoms with E-state index in [9.17, 15) is 9.50 Å². The van der Waals surface area contributed by atoms with Gasteiger partial charge in [0, 0.05) is 23.7 Å². The van der Waals surface area contributed by atoms with Crippen molar-refractivity contribution in [3.8, 4) is 0 Å². The van der Waals surface area contributed by atoms with Crippen molar-refractivity contribution >= 4 is 17.2 Å². The lowest BCUT2D eigenvalue weighted by atomic mass is 9.82. The highest BCUT2D eigenvalue weighted by Gasteiger charge is 2.28. The fourth-order valence-electron chi connectivity index (χ4n) is 2.97. The Morgan fingerprint density at radius 2 is 2.26 bits per heavy atom. The lowest BCUT2D eigenvalue weighted by molar-refractivity contribution is 0.101. The highest BCUT2D eigenvalue weighted by Crippen LogP contribution is 2.37. The molecule has 0 aliphatic heterocycles. The van der Waals surface area contributed by atoms with Crippen LogP contribution in [0, 0.1) is 5.82 Å². The molecule has 0 spiro atoms. The molecule has 2 N–H and O–H groups in total. The summed E-state index contributed by atoms with van der Waals surface area (Å²) in [6, 6.07) is 8.10. The Morgan fingerprint density at radius 3 is 3.04 bits per heavy atom. The molecule has 2 aromatic rings. The van der Waals surface area contributed by atoms with Crippen LogP contribution in [0.15, 0.2) is 43.1 Å². The number of nitrogens with one attached hydrogen (secondary N) is 1. The molecule has 5 heteroatoms. The van der Waals surface area contributed by atoms with Crippen LogP contribution in [0.4, 0.5) is 4.39 Å². The van der Waals surface area contributed by atoms with Gasteiger partial charge in [-0.1, -0.05) is 30.3 Å². The summed E-state index contributed by atoms with van der Waals surface area (Å²) in [4.78, 5) is 4.37. The van der Waals surface area contributed by atoms with Gasteiger partial charge < -0.3 is 5.11 Å². The van der Waals surface area contributed by atoms with Crippen LogP contribution < -0.4 is 5.32 Å². The molecule has 0 saturated carbocycles. The van der Waals surface area contributed by atoms with Crippen molar-refractivity contribution in [3.63, 3.8) is 0 Å². The second-order valence-electron chi connectivity index (χ2n) is 5.75. The number of fused-ring (bicyclic) bond motifs is 1. The molecule has 0 fully saturated rings. The molecule has 1 aromatic heterocycles. The zero-order valence-corrected chi connectivity index (χ0v) is 13.4. The average molecular weight is 333 g/mol. The topological polar surface area (TPSA) is 45.1 Å². The van der Waals surface area contributed by atoms with E-state index in [0.29, 0.717) is 11.6 Å². The van der Waals surface area contributed by atoms with E-state index in [1.54, 1.807) is 12.3 Å². The molecule has 0 saturated heterocycles. The molecule has 3 nitrogen and oxygen atoms in total. The third kappa shape index (κ3) is 3.44. The molecule has 120 valence electrons. The number of hydrogen-bond donors (Lipinski definition) is 2. The minimum atomic E-state index is -0.729. The molecule has 3 rings (SSSR count). The second-order valence-corrected chi connectivity index (χ2v) is 6.16. The molecule has 0 bridgehead atoms. The molecule has 23 heavy (non-hydrogen) atoms. The van der Waals surface area contributed by atoms with Crippen LogP contribution >= 0.6 is 11.6 Å². The predicted octanol–water partition coefficient (Wildman–Crippen LogP) is 3.87. The number of benzene rings is 1. The molecule has 0 amide bonds. The molecular formula is C18H18ClFN2O. The summed E-state index contributed by atoms with van der Waals surface area (Å²) >= 11 is 6.02. The fourth-order valence-corrected chi connectivity index (χ4v) is 3.20. The number of aliphatic hydroxyl groups excluding tert-OH is 1. The van der Waals surface area contributed by atoms with Crippen LogP contribution in [-0.4, -0.2) is 16.3 Å². The van der Waals surface area contributed by atoms with Gasteiger partial charge in [-0.2, -0.15) is 0 Å². The van der Waals surface area contributed by atoms with Gasteiger partial charge in [0.1, 0.15) is 12.0 Å². The van der Waals surface area contributed by atoms with Crippen molar-refractivity contribution in [3.05, 3.63) is 70.8 Å². The van der Waals surface area contributed by atoms with Crippen LogP contribution in [0.25, 0.3) is 5.57 Å². The Hall–Kier alpha value is -1.75. The summed E-state index contributed by atoms with van der Waals surface area (Å²) in [5.41, 5.74) is 3.64. The van der Waals surface area contributed by atoms with E-state index in [4.69, 9.17) is 11.6 Å². The third-order valence-electron chi connectivity index (χ3n) is 4.23. The molecule has 2 unspecified atom stereocenters. The third-order valence-corrected chi connectivity index (χ3v) is 4.58. The standard InChI is InChI=1S/C18H18ClFN2O/c1-11-4-7-15(14-3-2-8-21-17(11)14)18(23)22-10-12-5-6-13(20)9-16(12)19/h2-3,5-6,8-9,15,18,22-23H,1,4,7,10H2. The second kappa shape index (κ2) is 6.79. The Morgan fingerprint density at radius 1 is 1.43 bits per heavy atom. The van der Waals surface area contributed by atoms with Gasteiger partial charge in [-0.15, -0.1) is 0 Å². The number of allylic oxidation sites excluding steroid dienone is 1. The van der Waals surface area contributed by atoms with Crippen molar-refractivity contribution in [2.45, 2.75) is 31.5 Å². The smallest absolute Gasteiger partial charge is 0.124 e. The predicted molar refractivity (Wildman–Crippen MR) is 89.5 cm³/mol. The quantitative estimate of drug-likeness (QED) is 0.835. The van der Waals surface area contributed by atoms with E-state index in [0.717, 1.165) is 35.2 Å². The highest BCUT2D eigenvalue weighted by atomic mass is 35.5. The maximum absolute atomic E-state index is 13.1. The molecule has 1 aliphatic carbocycles. The summed E-state index contributed by atoms with van der Waals surface area (Å²) in [6.45, 7) is 4.41. The van der Waals surface area contributed by atoms with Crippen LogP contribution in [0.2, 0.25) is 5.02 Å². The van der Waals surface area contributed by atoms with Crippen molar-refractivity contribution in [2.24, 2.45) is 0 Å². The van der Waals surface area contributed by atoms with Crippen LogP contribution in [0.3, 0.4) is 0 Å². The van der Waals surface area contributed by atoms with E-state index < -0.39 is 6.23 Å². The largest absolute Gasteiger partial charge is 0.378 e. The number of nitrogens with zero attached hydrogens (tertiary/aromatic N) is 1. The van der Waals surface area contributed by atoms with Crippen molar-refractivity contribution in [1.29, 1.82) is 0 Å². The van der Waals surface area contributed by atoms with Gasteiger partial charge in [-0.05, 0) is 47.7 Å². The first-order chi connectivity index (χ1) is 11.1. The van der Waals surface area contributed by atoms with Gasteiger partial charge in [-0.3, -0.25) is 10.3 Å². The molecular weight excluding hydrogens is 315 g/mol. The van der Waals surface area contributed by atoms with Crippen LogP contribution in [-0.2, 0) is 6.54 Å². The fraction of sp³-hybridized carbons (Fsp3) is 0.278. The lowest BCUT2D eigenvalue weighted by Crippen LogP contribution is -2.36. The van der Waals surface area contributed by atoms with E-state index in [2.05, 4.69) is 16.9 Å². The number of hydrogen-bond acceptors (Lipinski definition) is 3. The number of pyridine rings is 1. The summed E-state index contributed by atoms with van der Waals surface area (Å²) < 4.78 is 13.1. The molecule has 1 aliphatic rings. The zero-order valence-electron chi connectivity index (χ0n) is 12.6. The monoisotopic (exact) mass is 332 g/mol. The SMILES string of the molecule is C=C1CCC(C(O)NCc2ccc(F)cc2Cl)c2cccnc21. The summed E-state index contributed by atoms with van der Waals surface area (Å²) in [5.74, 6) is -0.423. The zero-order chi connectivity index (χ0) is 16.4. The summed E-state index contributed by atoms with van der Waals surface area (Å²) in [6.07, 6.45) is 2.63. The van der Waals surface area contributed by atoms with E-state index in [1.165, 1.54) is 12.1 Å². The average Bonchev–Trinajstić information content (AvgIpc) is 2.54. The first-order valence-electron chi connectivity index (χ1n) is 7.54. The van der Waals surface area contributed by atoms with Gasteiger partial charge in [0.2, 0.25) is 0 Å². The van der Waals surface area contributed by atoms with Gasteiger partial charge in [-0.25, -0.2) is 4.39 Å². The lowest BCUT2D eigenvalue weighted by Gasteiger charge is -2.30. The Balaban J connectivity index is 1.73. The van der Waals surface area contributed by atoms with Gasteiger partial charge >= 0.3 is 0 Å². The Kier molecular flexibility index (Phi) is 4.76. The molecule has 0 radical (unpaired) electrons. The van der Waals surface area contributed by atoms with Crippen molar-refractivity contribution < 1.29 is 9.50 Å². The van der Waals surface area contributed by atoms with E-state index >= 15 is 0 Å². The number of halogens is 2. The first kappa shape index (κ1) is 16.1. The first-order valence-corrected chi connectivity index (χ1v) is 7.92. The minimum Gasteiger partial charge on any atom is -0.378 e. The maximum atomic E-state index is 13.1. The Bertz CT molecular complexity index is 735. The van der Waals surface area contributed by atoms with E-state index in [-0.39, 0.29) is 11.7 Å². The van der Waals surface area contributed by atoms with Gasteiger partial charge in [0.15, 0.2) is 0 Å². The van der Waals surface area contributed by atoms with Crippen molar-refractivity contribution in [1.82, 2.24) is 10.3 Å². The van der Waals surface area contributed by atoms with Gasteiger partial charge in [0.05, 0.1) is 5.69 Å². The summed E-state index contributed by atoms with van der Waals surface area (Å²) in [5, 5.41) is 14.0. The van der Waals surface area contributed by atoms with Crippen molar-refractivity contribution in [2.75, 3.05) is 0 Å². The van der Waals surface area contributed by atoms with E-state index in [1.807, 2.05) is 12.1 Å².